The minimum absolute atomic E-state index is 0.0695. The monoisotopic (exact) mass is 243 g/mol. The van der Waals surface area contributed by atoms with Crippen molar-refractivity contribution >= 4 is 0 Å². The molecule has 0 aromatic carbocycles. The van der Waals surface area contributed by atoms with E-state index in [-0.39, 0.29) is 11.5 Å². The molecule has 0 aliphatic heterocycles. The van der Waals surface area contributed by atoms with Crippen LogP contribution in [-0.4, -0.2) is 15.0 Å². The molecule has 0 bridgehead atoms. The molecule has 4 heteroatoms. The van der Waals surface area contributed by atoms with E-state index in [9.17, 15) is 4.79 Å². The summed E-state index contributed by atoms with van der Waals surface area (Å²) in [5.41, 5.74) is 3.32. The Hall–Kier alpha value is -1.97. The molecule has 18 heavy (non-hydrogen) atoms. The summed E-state index contributed by atoms with van der Waals surface area (Å²) in [6.07, 6.45) is 3.51. The maximum atomic E-state index is 11.9. The van der Waals surface area contributed by atoms with Gasteiger partial charge in [-0.3, -0.25) is 9.78 Å². The Labute approximate surface area is 106 Å². The van der Waals surface area contributed by atoms with Gasteiger partial charge in [-0.2, -0.15) is 0 Å². The standard InChI is InChI=1S/C14H17N3O/c1-8(2)13-16-12(10(4)14(18)17-13)11-5-6-15-7-9(11)3/h5-8H,1-4H3,(H,16,17,18). The first-order valence-electron chi connectivity index (χ1n) is 6.02. The SMILES string of the molecule is Cc1cnccc1-c1nc(C(C)C)[nH]c(=O)c1C. The number of nitrogens with one attached hydrogen (secondary N) is 1. The molecule has 2 rings (SSSR count). The second-order valence-electron chi connectivity index (χ2n) is 4.77. The maximum Gasteiger partial charge on any atom is 0.254 e. The zero-order valence-corrected chi connectivity index (χ0v) is 11.1. The van der Waals surface area contributed by atoms with Crippen LogP contribution in [0.25, 0.3) is 11.3 Å². The Morgan fingerprint density at radius 3 is 2.61 bits per heavy atom. The van der Waals surface area contributed by atoms with E-state index in [1.807, 2.05) is 26.8 Å². The van der Waals surface area contributed by atoms with Gasteiger partial charge in [0.1, 0.15) is 5.82 Å². The third-order valence-corrected chi connectivity index (χ3v) is 2.99. The quantitative estimate of drug-likeness (QED) is 0.881. The van der Waals surface area contributed by atoms with Gasteiger partial charge in [-0.25, -0.2) is 4.98 Å². The Kier molecular flexibility index (Phi) is 3.28. The van der Waals surface area contributed by atoms with E-state index >= 15 is 0 Å². The number of aromatic nitrogens is 3. The molecule has 2 heterocycles. The maximum absolute atomic E-state index is 11.9. The van der Waals surface area contributed by atoms with Crippen molar-refractivity contribution < 1.29 is 0 Å². The van der Waals surface area contributed by atoms with Crippen molar-refractivity contribution in [1.82, 2.24) is 15.0 Å². The zero-order valence-electron chi connectivity index (χ0n) is 11.1. The zero-order chi connectivity index (χ0) is 13.3. The first-order valence-corrected chi connectivity index (χ1v) is 6.02. The van der Waals surface area contributed by atoms with Crippen LogP contribution in [0.5, 0.6) is 0 Å². The smallest absolute Gasteiger partial charge is 0.254 e. The Morgan fingerprint density at radius 1 is 1.28 bits per heavy atom. The van der Waals surface area contributed by atoms with Crippen molar-refractivity contribution in [1.29, 1.82) is 0 Å². The molecule has 0 saturated heterocycles. The van der Waals surface area contributed by atoms with Crippen molar-refractivity contribution in [3.63, 3.8) is 0 Å². The van der Waals surface area contributed by atoms with E-state index in [0.29, 0.717) is 5.56 Å². The summed E-state index contributed by atoms with van der Waals surface area (Å²) in [4.78, 5) is 23.4. The van der Waals surface area contributed by atoms with Gasteiger partial charge in [0, 0.05) is 29.4 Å². The lowest BCUT2D eigenvalue weighted by molar-refractivity contribution is 0.764. The van der Waals surface area contributed by atoms with E-state index < -0.39 is 0 Å². The molecule has 0 fully saturated rings. The van der Waals surface area contributed by atoms with Crippen LogP contribution in [0, 0.1) is 13.8 Å². The summed E-state index contributed by atoms with van der Waals surface area (Å²) in [7, 11) is 0. The molecule has 4 nitrogen and oxygen atoms in total. The predicted octanol–water partition coefficient (Wildman–Crippen LogP) is 2.57. The van der Waals surface area contributed by atoms with E-state index in [1.54, 1.807) is 19.3 Å². The summed E-state index contributed by atoms with van der Waals surface area (Å²) in [5.74, 6) is 0.913. The first-order chi connectivity index (χ1) is 8.50. The van der Waals surface area contributed by atoms with Gasteiger partial charge >= 0.3 is 0 Å². The summed E-state index contributed by atoms with van der Waals surface area (Å²) in [5, 5.41) is 0. The molecular formula is C14H17N3O. The lowest BCUT2D eigenvalue weighted by Crippen LogP contribution is -2.17. The molecular weight excluding hydrogens is 226 g/mol. The van der Waals surface area contributed by atoms with Crippen molar-refractivity contribution in [2.45, 2.75) is 33.6 Å². The summed E-state index contributed by atoms with van der Waals surface area (Å²) in [6, 6.07) is 1.90. The van der Waals surface area contributed by atoms with Crippen molar-refractivity contribution in [3.05, 3.63) is 45.8 Å². The van der Waals surface area contributed by atoms with Gasteiger partial charge in [-0.15, -0.1) is 0 Å². The van der Waals surface area contributed by atoms with Gasteiger partial charge in [0.15, 0.2) is 0 Å². The van der Waals surface area contributed by atoms with Crippen LogP contribution in [0.3, 0.4) is 0 Å². The van der Waals surface area contributed by atoms with Crippen molar-refractivity contribution in [2.24, 2.45) is 0 Å². The van der Waals surface area contributed by atoms with Crippen molar-refractivity contribution in [2.75, 3.05) is 0 Å². The van der Waals surface area contributed by atoms with Crippen molar-refractivity contribution in [3.8, 4) is 11.3 Å². The highest BCUT2D eigenvalue weighted by molar-refractivity contribution is 5.65. The number of rotatable bonds is 2. The molecule has 1 N–H and O–H groups in total. The predicted molar refractivity (Wildman–Crippen MR) is 71.7 cm³/mol. The van der Waals surface area contributed by atoms with Crippen LogP contribution in [0.2, 0.25) is 0 Å². The van der Waals surface area contributed by atoms with Gasteiger partial charge < -0.3 is 4.98 Å². The summed E-state index contributed by atoms with van der Waals surface area (Å²) >= 11 is 0. The topological polar surface area (TPSA) is 58.6 Å². The summed E-state index contributed by atoms with van der Waals surface area (Å²) < 4.78 is 0. The van der Waals surface area contributed by atoms with Crippen LogP contribution in [-0.2, 0) is 0 Å². The van der Waals surface area contributed by atoms with Gasteiger partial charge in [-0.05, 0) is 25.5 Å². The van der Waals surface area contributed by atoms with E-state index in [1.165, 1.54) is 0 Å². The van der Waals surface area contributed by atoms with Gasteiger partial charge in [0.05, 0.1) is 5.69 Å². The number of H-pyrrole nitrogens is 1. The lowest BCUT2D eigenvalue weighted by atomic mass is 10.0. The normalized spacial score (nSPS) is 10.9. The minimum atomic E-state index is -0.0695. The number of aromatic amines is 1. The van der Waals surface area contributed by atoms with Crippen LogP contribution >= 0.6 is 0 Å². The number of hydrogen-bond donors (Lipinski definition) is 1. The Bertz CT molecular complexity index is 629. The fraction of sp³-hybridized carbons (Fsp3) is 0.357. The first kappa shape index (κ1) is 12.5. The third-order valence-electron chi connectivity index (χ3n) is 2.99. The second kappa shape index (κ2) is 4.72. The molecule has 2 aromatic heterocycles. The molecule has 2 aromatic rings. The van der Waals surface area contributed by atoms with Gasteiger partial charge in [-0.1, -0.05) is 13.8 Å². The molecule has 0 unspecified atom stereocenters. The van der Waals surface area contributed by atoms with Crippen LogP contribution < -0.4 is 5.56 Å². The molecule has 0 radical (unpaired) electrons. The molecule has 0 spiro atoms. The van der Waals surface area contributed by atoms with E-state index in [2.05, 4.69) is 15.0 Å². The molecule has 0 aliphatic carbocycles. The number of nitrogens with zero attached hydrogens (tertiary/aromatic N) is 2. The molecule has 0 amide bonds. The van der Waals surface area contributed by atoms with E-state index in [4.69, 9.17) is 0 Å². The van der Waals surface area contributed by atoms with Gasteiger partial charge in [0.25, 0.3) is 5.56 Å². The largest absolute Gasteiger partial charge is 0.310 e. The molecule has 0 saturated carbocycles. The van der Waals surface area contributed by atoms with Crippen LogP contribution in [0.4, 0.5) is 0 Å². The second-order valence-corrected chi connectivity index (χ2v) is 4.77. The molecule has 0 atom stereocenters. The number of aryl methyl sites for hydroxylation is 1. The number of pyridine rings is 1. The Morgan fingerprint density at radius 2 is 2.00 bits per heavy atom. The van der Waals surface area contributed by atoms with E-state index in [0.717, 1.165) is 22.6 Å². The lowest BCUT2D eigenvalue weighted by Gasteiger charge is -2.11. The summed E-state index contributed by atoms with van der Waals surface area (Å²) in [6.45, 7) is 7.79. The molecule has 0 aliphatic rings. The highest BCUT2D eigenvalue weighted by Crippen LogP contribution is 2.23. The highest BCUT2D eigenvalue weighted by atomic mass is 16.1. The highest BCUT2D eigenvalue weighted by Gasteiger charge is 2.13. The molecule has 94 valence electrons. The average molecular weight is 243 g/mol. The Balaban J connectivity index is 2.71. The van der Waals surface area contributed by atoms with Crippen LogP contribution in [0.1, 0.15) is 36.7 Å². The fourth-order valence-electron chi connectivity index (χ4n) is 1.82. The average Bonchev–Trinajstić information content (AvgIpc) is 2.33. The van der Waals surface area contributed by atoms with Crippen LogP contribution in [0.15, 0.2) is 23.3 Å². The minimum Gasteiger partial charge on any atom is -0.310 e. The van der Waals surface area contributed by atoms with Gasteiger partial charge in [0.2, 0.25) is 0 Å². The third kappa shape index (κ3) is 2.18. The fourth-order valence-corrected chi connectivity index (χ4v) is 1.82. The number of hydrogen-bond acceptors (Lipinski definition) is 3.